The van der Waals surface area contributed by atoms with Crippen LogP contribution in [0.4, 0.5) is 0 Å². The van der Waals surface area contributed by atoms with E-state index in [0.29, 0.717) is 6.54 Å². The number of carbonyl (C=O) groups is 1. The number of nitrogens with one attached hydrogen (secondary N) is 1. The lowest BCUT2D eigenvalue weighted by Crippen LogP contribution is -2.45. The van der Waals surface area contributed by atoms with Crippen molar-refractivity contribution in [2.45, 2.75) is 12.6 Å². The molecule has 1 unspecified atom stereocenters. The Bertz CT molecular complexity index is 686. The van der Waals surface area contributed by atoms with E-state index in [1.54, 1.807) is 6.07 Å². The third kappa shape index (κ3) is 3.75. The summed E-state index contributed by atoms with van der Waals surface area (Å²) in [6, 6.07) is 11.6. The summed E-state index contributed by atoms with van der Waals surface area (Å²) in [5.74, 6) is 0.527. The van der Waals surface area contributed by atoms with Crippen molar-refractivity contribution < 1.29 is 13.9 Å². The molecule has 0 aliphatic carbocycles. The average molecular weight is 335 g/mol. The molecule has 1 aromatic heterocycles. The number of benzene rings is 1. The van der Waals surface area contributed by atoms with Crippen molar-refractivity contribution >= 4 is 17.6 Å². The molecule has 2 aromatic rings. The van der Waals surface area contributed by atoms with Crippen molar-refractivity contribution in [3.8, 4) is 0 Å². The molecular weight excluding hydrogens is 316 g/mol. The van der Waals surface area contributed by atoms with Crippen LogP contribution in [0, 0.1) is 0 Å². The summed E-state index contributed by atoms with van der Waals surface area (Å²) in [5, 5.41) is 4.15. The molecule has 1 aliphatic heterocycles. The molecule has 2 heterocycles. The number of ether oxygens (including phenoxy) is 1. The molecule has 1 fully saturated rings. The zero-order valence-electron chi connectivity index (χ0n) is 12.9. The van der Waals surface area contributed by atoms with E-state index in [4.69, 9.17) is 16.0 Å². The number of halogens is 1. The van der Waals surface area contributed by atoms with Crippen molar-refractivity contribution in [3.63, 3.8) is 0 Å². The predicted octanol–water partition coefficient (Wildman–Crippen LogP) is 2.87. The van der Waals surface area contributed by atoms with E-state index in [-0.39, 0.29) is 11.8 Å². The number of methoxy groups -OCH3 is 1. The Balaban J connectivity index is 1.76. The van der Waals surface area contributed by atoms with Crippen LogP contribution >= 0.6 is 11.6 Å². The summed E-state index contributed by atoms with van der Waals surface area (Å²) < 4.78 is 10.3. The van der Waals surface area contributed by atoms with Gasteiger partial charge in [-0.15, -0.1) is 0 Å². The summed E-state index contributed by atoms with van der Waals surface area (Å²) >= 11 is 6.12. The monoisotopic (exact) mass is 334 g/mol. The van der Waals surface area contributed by atoms with Gasteiger partial charge in [-0.3, -0.25) is 4.90 Å². The second-order valence-corrected chi connectivity index (χ2v) is 5.94. The molecule has 0 spiro atoms. The van der Waals surface area contributed by atoms with Gasteiger partial charge in [0.15, 0.2) is 0 Å². The van der Waals surface area contributed by atoms with Crippen LogP contribution in [0.15, 0.2) is 40.8 Å². The highest BCUT2D eigenvalue weighted by Gasteiger charge is 2.25. The van der Waals surface area contributed by atoms with E-state index in [9.17, 15) is 4.79 Å². The lowest BCUT2D eigenvalue weighted by Gasteiger charge is -2.36. The third-order valence-electron chi connectivity index (χ3n) is 3.99. The number of furan rings is 1. The number of rotatable bonds is 4. The molecule has 1 aromatic carbocycles. The number of hydrogen-bond acceptors (Lipinski definition) is 5. The molecule has 6 heteroatoms. The average Bonchev–Trinajstić information content (AvgIpc) is 3.03. The lowest BCUT2D eigenvalue weighted by molar-refractivity contribution is 0.0559. The minimum Gasteiger partial charge on any atom is -0.463 e. The van der Waals surface area contributed by atoms with Gasteiger partial charge in [0.05, 0.1) is 13.7 Å². The van der Waals surface area contributed by atoms with Gasteiger partial charge in [0, 0.05) is 30.7 Å². The Kier molecular flexibility index (Phi) is 5.00. The van der Waals surface area contributed by atoms with Crippen LogP contribution < -0.4 is 5.32 Å². The second kappa shape index (κ2) is 7.17. The molecule has 0 bridgehead atoms. The Morgan fingerprint density at radius 2 is 2.30 bits per heavy atom. The van der Waals surface area contributed by atoms with E-state index < -0.39 is 5.97 Å². The minimum atomic E-state index is -0.456. The van der Waals surface area contributed by atoms with E-state index in [1.807, 2.05) is 24.3 Å². The predicted molar refractivity (Wildman–Crippen MR) is 87.5 cm³/mol. The third-order valence-corrected chi connectivity index (χ3v) is 4.23. The van der Waals surface area contributed by atoms with Gasteiger partial charge in [0.1, 0.15) is 5.76 Å². The first-order valence-corrected chi connectivity index (χ1v) is 7.92. The fourth-order valence-corrected chi connectivity index (χ4v) is 3.05. The van der Waals surface area contributed by atoms with Crippen molar-refractivity contribution in [1.29, 1.82) is 0 Å². The highest BCUT2D eigenvalue weighted by atomic mass is 35.5. The topological polar surface area (TPSA) is 54.7 Å². The van der Waals surface area contributed by atoms with Crippen LogP contribution in [0.2, 0.25) is 5.02 Å². The van der Waals surface area contributed by atoms with Gasteiger partial charge < -0.3 is 14.5 Å². The number of nitrogens with zero attached hydrogens (tertiary/aromatic N) is 1. The molecule has 122 valence electrons. The largest absolute Gasteiger partial charge is 0.463 e. The van der Waals surface area contributed by atoms with E-state index in [2.05, 4.69) is 21.0 Å². The summed E-state index contributed by atoms with van der Waals surface area (Å²) in [7, 11) is 1.34. The summed E-state index contributed by atoms with van der Waals surface area (Å²) in [6.07, 6.45) is 0. The zero-order valence-corrected chi connectivity index (χ0v) is 13.7. The number of piperazine rings is 1. The van der Waals surface area contributed by atoms with Gasteiger partial charge in [0.25, 0.3) is 0 Å². The van der Waals surface area contributed by atoms with Gasteiger partial charge >= 0.3 is 5.97 Å². The van der Waals surface area contributed by atoms with Gasteiger partial charge in [-0.25, -0.2) is 4.79 Å². The molecule has 1 atom stereocenters. The molecule has 5 nitrogen and oxygen atoms in total. The zero-order chi connectivity index (χ0) is 16.2. The molecule has 0 amide bonds. The van der Waals surface area contributed by atoms with E-state index in [0.717, 1.165) is 30.4 Å². The molecule has 0 saturated carbocycles. The molecule has 1 N–H and O–H groups in total. The van der Waals surface area contributed by atoms with Crippen LogP contribution in [-0.4, -0.2) is 37.6 Å². The summed E-state index contributed by atoms with van der Waals surface area (Å²) in [5.41, 5.74) is 1.17. The number of carbonyl (C=O) groups excluding carboxylic acids is 1. The fraction of sp³-hybridized carbons (Fsp3) is 0.353. The second-order valence-electron chi connectivity index (χ2n) is 5.50. The number of hydrogen-bond donors (Lipinski definition) is 1. The first-order valence-electron chi connectivity index (χ1n) is 7.54. The molecular formula is C17H19ClN2O3. The van der Waals surface area contributed by atoms with Crippen LogP contribution in [0.3, 0.4) is 0 Å². The van der Waals surface area contributed by atoms with Gasteiger partial charge in [-0.05, 0) is 29.8 Å². The molecule has 1 aliphatic rings. The maximum atomic E-state index is 11.5. The minimum absolute atomic E-state index is 0.217. The molecule has 3 rings (SSSR count). The SMILES string of the molecule is COC(=O)c1ccc(CN2CCNCC2c2cccc(Cl)c2)o1. The van der Waals surface area contributed by atoms with Crippen LogP contribution in [0.1, 0.15) is 27.9 Å². The van der Waals surface area contributed by atoms with Crippen molar-refractivity contribution in [1.82, 2.24) is 10.2 Å². The lowest BCUT2D eigenvalue weighted by atomic mass is 10.0. The normalized spacial score (nSPS) is 18.8. The highest BCUT2D eigenvalue weighted by molar-refractivity contribution is 6.30. The van der Waals surface area contributed by atoms with Crippen molar-refractivity contribution in [2.24, 2.45) is 0 Å². The quantitative estimate of drug-likeness (QED) is 0.871. The standard InChI is InChI=1S/C17H19ClN2O3/c1-22-17(21)16-6-5-14(23-16)11-20-8-7-19-10-15(20)12-3-2-4-13(18)9-12/h2-6,9,15,19H,7-8,10-11H2,1H3. The smallest absolute Gasteiger partial charge is 0.373 e. The van der Waals surface area contributed by atoms with Crippen LogP contribution in [0.25, 0.3) is 0 Å². The summed E-state index contributed by atoms with van der Waals surface area (Å²) in [4.78, 5) is 13.8. The van der Waals surface area contributed by atoms with Crippen LogP contribution in [-0.2, 0) is 11.3 Å². The first kappa shape index (κ1) is 16.1. The maximum absolute atomic E-state index is 11.5. The van der Waals surface area contributed by atoms with Crippen molar-refractivity contribution in [3.05, 3.63) is 58.5 Å². The first-order chi connectivity index (χ1) is 11.2. The van der Waals surface area contributed by atoms with E-state index >= 15 is 0 Å². The Morgan fingerprint density at radius 3 is 3.09 bits per heavy atom. The van der Waals surface area contributed by atoms with Gasteiger partial charge in [-0.1, -0.05) is 23.7 Å². The molecule has 0 radical (unpaired) electrons. The highest BCUT2D eigenvalue weighted by Crippen LogP contribution is 2.26. The molecule has 23 heavy (non-hydrogen) atoms. The molecule has 1 saturated heterocycles. The maximum Gasteiger partial charge on any atom is 0.373 e. The number of esters is 1. The fourth-order valence-electron chi connectivity index (χ4n) is 2.85. The Hall–Kier alpha value is -1.82. The van der Waals surface area contributed by atoms with Crippen molar-refractivity contribution in [2.75, 3.05) is 26.7 Å². The summed E-state index contributed by atoms with van der Waals surface area (Å²) in [6.45, 7) is 3.30. The van der Waals surface area contributed by atoms with Gasteiger partial charge in [0.2, 0.25) is 5.76 Å². The van der Waals surface area contributed by atoms with Crippen LogP contribution in [0.5, 0.6) is 0 Å². The Labute approximate surface area is 140 Å². The van der Waals surface area contributed by atoms with E-state index in [1.165, 1.54) is 12.7 Å². The van der Waals surface area contributed by atoms with Gasteiger partial charge in [-0.2, -0.15) is 0 Å². The Morgan fingerprint density at radius 1 is 1.43 bits per heavy atom.